The van der Waals surface area contributed by atoms with Crippen molar-refractivity contribution in [2.24, 2.45) is 0 Å². The van der Waals surface area contributed by atoms with Crippen LogP contribution in [0.15, 0.2) is 42.5 Å². The second kappa shape index (κ2) is 7.45. The van der Waals surface area contributed by atoms with Gasteiger partial charge in [-0.2, -0.15) is 0 Å². The normalized spacial score (nSPS) is 15.3. The quantitative estimate of drug-likeness (QED) is 0.856. The average Bonchev–Trinajstić information content (AvgIpc) is 2.63. The number of nitrogens with zero attached hydrogens (tertiary/aromatic N) is 2. The maximum atomic E-state index is 5.76. The van der Waals surface area contributed by atoms with E-state index in [9.17, 15) is 0 Å². The number of benzene rings is 2. The van der Waals surface area contributed by atoms with E-state index in [1.165, 1.54) is 11.3 Å². The molecular weight excluding hydrogens is 302 g/mol. The molecule has 0 bridgehead atoms. The van der Waals surface area contributed by atoms with Crippen LogP contribution in [0.5, 0.6) is 11.5 Å². The van der Waals surface area contributed by atoms with Crippen molar-refractivity contribution in [3.05, 3.63) is 48.0 Å². The molecule has 1 fully saturated rings. The highest BCUT2D eigenvalue weighted by Gasteiger charge is 2.17. The molecule has 1 saturated heterocycles. The number of hydrogen-bond acceptors (Lipinski definition) is 5. The number of methoxy groups -OCH3 is 2. The highest BCUT2D eigenvalue weighted by molar-refractivity contribution is 5.53. The van der Waals surface area contributed by atoms with Crippen LogP contribution in [0.25, 0.3) is 0 Å². The number of anilines is 2. The highest BCUT2D eigenvalue weighted by Crippen LogP contribution is 2.28. The molecule has 1 aliphatic heterocycles. The summed E-state index contributed by atoms with van der Waals surface area (Å²) in [7, 11) is 3.33. The van der Waals surface area contributed by atoms with E-state index in [0.29, 0.717) is 0 Å². The van der Waals surface area contributed by atoms with E-state index in [4.69, 9.17) is 15.2 Å². The molecule has 1 heterocycles. The van der Waals surface area contributed by atoms with E-state index in [1.807, 2.05) is 18.2 Å². The Hall–Kier alpha value is -2.40. The predicted octanol–water partition coefficient (Wildman–Crippen LogP) is 2.61. The third kappa shape index (κ3) is 3.74. The van der Waals surface area contributed by atoms with Crippen LogP contribution in [0.4, 0.5) is 11.4 Å². The van der Waals surface area contributed by atoms with Gasteiger partial charge in [0.25, 0.3) is 0 Å². The molecule has 5 nitrogen and oxygen atoms in total. The highest BCUT2D eigenvalue weighted by atomic mass is 16.5. The van der Waals surface area contributed by atoms with Crippen LogP contribution in [0.1, 0.15) is 5.56 Å². The summed E-state index contributed by atoms with van der Waals surface area (Å²) in [4.78, 5) is 4.87. The van der Waals surface area contributed by atoms with Crippen molar-refractivity contribution < 1.29 is 9.47 Å². The first-order chi connectivity index (χ1) is 11.7. The molecule has 0 atom stereocenters. The van der Waals surface area contributed by atoms with Gasteiger partial charge in [-0.25, -0.2) is 0 Å². The van der Waals surface area contributed by atoms with Gasteiger partial charge in [-0.3, -0.25) is 4.90 Å². The molecular formula is C19H25N3O2. The molecule has 1 aliphatic rings. The van der Waals surface area contributed by atoms with E-state index in [2.05, 4.69) is 34.1 Å². The summed E-state index contributed by atoms with van der Waals surface area (Å²) in [5.74, 6) is 1.56. The van der Waals surface area contributed by atoms with E-state index in [0.717, 1.165) is 49.9 Å². The van der Waals surface area contributed by atoms with Gasteiger partial charge in [0.15, 0.2) is 11.5 Å². The first-order valence-corrected chi connectivity index (χ1v) is 8.23. The summed E-state index contributed by atoms with van der Waals surface area (Å²) >= 11 is 0. The van der Waals surface area contributed by atoms with Crippen LogP contribution in [-0.4, -0.2) is 45.3 Å². The molecule has 0 spiro atoms. The van der Waals surface area contributed by atoms with Crippen LogP contribution in [0.3, 0.4) is 0 Å². The van der Waals surface area contributed by atoms with Gasteiger partial charge in [-0.05, 0) is 42.0 Å². The van der Waals surface area contributed by atoms with Crippen LogP contribution in [0, 0.1) is 0 Å². The standard InChI is InChI=1S/C19H25N3O2/c1-23-18-8-3-15(13-19(18)24-2)14-21-9-11-22(12-10-21)17-6-4-16(20)5-7-17/h3-8,13H,9-12,14,20H2,1-2H3. The monoisotopic (exact) mass is 327 g/mol. The molecule has 0 aromatic heterocycles. The lowest BCUT2D eigenvalue weighted by atomic mass is 10.1. The third-order valence-corrected chi connectivity index (χ3v) is 4.48. The lowest BCUT2D eigenvalue weighted by Crippen LogP contribution is -2.45. The molecule has 0 radical (unpaired) electrons. The van der Waals surface area contributed by atoms with Gasteiger partial charge in [0.2, 0.25) is 0 Å². The molecule has 0 aliphatic carbocycles. The van der Waals surface area contributed by atoms with Crippen molar-refractivity contribution in [3.8, 4) is 11.5 Å². The first-order valence-electron chi connectivity index (χ1n) is 8.23. The second-order valence-corrected chi connectivity index (χ2v) is 6.04. The van der Waals surface area contributed by atoms with Gasteiger partial charge in [-0.15, -0.1) is 0 Å². The summed E-state index contributed by atoms with van der Waals surface area (Å²) in [6.45, 7) is 5.06. The molecule has 0 amide bonds. The molecule has 3 rings (SSSR count). The Labute approximate surface area is 143 Å². The molecule has 2 N–H and O–H groups in total. The minimum Gasteiger partial charge on any atom is -0.493 e. The van der Waals surface area contributed by atoms with Crippen molar-refractivity contribution in [2.45, 2.75) is 6.54 Å². The minimum absolute atomic E-state index is 0.773. The number of nitrogen functional groups attached to an aromatic ring is 1. The van der Waals surface area contributed by atoms with Crippen molar-refractivity contribution in [1.82, 2.24) is 4.90 Å². The fourth-order valence-corrected chi connectivity index (χ4v) is 3.09. The Bertz CT molecular complexity index is 665. The molecule has 2 aromatic rings. The molecule has 128 valence electrons. The van der Waals surface area contributed by atoms with E-state index < -0.39 is 0 Å². The number of hydrogen-bond donors (Lipinski definition) is 1. The van der Waals surface area contributed by atoms with E-state index in [-0.39, 0.29) is 0 Å². The Morgan fingerprint density at radius 1 is 0.875 bits per heavy atom. The maximum Gasteiger partial charge on any atom is 0.161 e. The Balaban J connectivity index is 1.58. The zero-order valence-corrected chi connectivity index (χ0v) is 14.4. The fraction of sp³-hybridized carbons (Fsp3) is 0.368. The summed E-state index contributed by atoms with van der Waals surface area (Å²) in [6, 6.07) is 14.3. The Morgan fingerprint density at radius 3 is 2.17 bits per heavy atom. The van der Waals surface area contributed by atoms with Gasteiger partial charge in [0, 0.05) is 44.1 Å². The van der Waals surface area contributed by atoms with Crippen LogP contribution in [0.2, 0.25) is 0 Å². The number of piperazine rings is 1. The van der Waals surface area contributed by atoms with Crippen LogP contribution < -0.4 is 20.1 Å². The van der Waals surface area contributed by atoms with Crippen LogP contribution in [-0.2, 0) is 6.54 Å². The summed E-state index contributed by atoms with van der Waals surface area (Å²) < 4.78 is 10.7. The van der Waals surface area contributed by atoms with E-state index in [1.54, 1.807) is 14.2 Å². The number of ether oxygens (including phenoxy) is 2. The average molecular weight is 327 g/mol. The fourth-order valence-electron chi connectivity index (χ4n) is 3.09. The minimum atomic E-state index is 0.773. The van der Waals surface area contributed by atoms with E-state index >= 15 is 0 Å². The largest absolute Gasteiger partial charge is 0.493 e. The molecule has 0 saturated carbocycles. The van der Waals surface area contributed by atoms with Gasteiger partial charge >= 0.3 is 0 Å². The summed E-state index contributed by atoms with van der Waals surface area (Å²) in [6.07, 6.45) is 0. The molecule has 5 heteroatoms. The third-order valence-electron chi connectivity index (χ3n) is 4.48. The maximum absolute atomic E-state index is 5.76. The first kappa shape index (κ1) is 16.5. The lowest BCUT2D eigenvalue weighted by molar-refractivity contribution is 0.249. The Morgan fingerprint density at radius 2 is 1.54 bits per heavy atom. The smallest absolute Gasteiger partial charge is 0.161 e. The van der Waals surface area contributed by atoms with Crippen LogP contribution >= 0.6 is 0 Å². The topological polar surface area (TPSA) is 51.0 Å². The van der Waals surface area contributed by atoms with Gasteiger partial charge in [0.1, 0.15) is 0 Å². The summed E-state index contributed by atoms with van der Waals surface area (Å²) in [5, 5.41) is 0. The summed E-state index contributed by atoms with van der Waals surface area (Å²) in [5.41, 5.74) is 9.06. The van der Waals surface area contributed by atoms with Crippen molar-refractivity contribution >= 4 is 11.4 Å². The predicted molar refractivity (Wildman–Crippen MR) is 97.9 cm³/mol. The van der Waals surface area contributed by atoms with Gasteiger partial charge in [-0.1, -0.05) is 6.07 Å². The lowest BCUT2D eigenvalue weighted by Gasteiger charge is -2.36. The zero-order chi connectivity index (χ0) is 16.9. The molecule has 0 unspecified atom stereocenters. The number of nitrogens with two attached hydrogens (primary N) is 1. The van der Waals surface area contributed by atoms with Crippen molar-refractivity contribution in [1.29, 1.82) is 0 Å². The van der Waals surface area contributed by atoms with Crippen molar-refractivity contribution in [2.75, 3.05) is 51.0 Å². The van der Waals surface area contributed by atoms with Gasteiger partial charge < -0.3 is 20.1 Å². The molecule has 24 heavy (non-hydrogen) atoms. The SMILES string of the molecule is COc1ccc(CN2CCN(c3ccc(N)cc3)CC2)cc1OC. The zero-order valence-electron chi connectivity index (χ0n) is 14.4. The molecule has 2 aromatic carbocycles. The number of rotatable bonds is 5. The van der Waals surface area contributed by atoms with Crippen molar-refractivity contribution in [3.63, 3.8) is 0 Å². The Kier molecular flexibility index (Phi) is 5.11. The second-order valence-electron chi connectivity index (χ2n) is 6.04. The van der Waals surface area contributed by atoms with Gasteiger partial charge in [0.05, 0.1) is 14.2 Å².